The van der Waals surface area contributed by atoms with Crippen LogP contribution in [-0.2, 0) is 0 Å². The zero-order valence-electron chi connectivity index (χ0n) is 12.9. The first-order chi connectivity index (χ1) is 11.3. The smallest absolute Gasteiger partial charge is 0.267 e. The molecule has 1 aromatic heterocycles. The van der Waals surface area contributed by atoms with Gasteiger partial charge in [-0.15, -0.1) is 11.3 Å². The van der Waals surface area contributed by atoms with Crippen molar-refractivity contribution in [1.29, 1.82) is 0 Å². The van der Waals surface area contributed by atoms with Crippen molar-refractivity contribution in [1.82, 2.24) is 5.43 Å². The van der Waals surface area contributed by atoms with Crippen molar-refractivity contribution < 1.29 is 4.79 Å². The summed E-state index contributed by atoms with van der Waals surface area (Å²) in [5.41, 5.74) is 4.57. The van der Waals surface area contributed by atoms with Crippen LogP contribution in [0.5, 0.6) is 0 Å². The van der Waals surface area contributed by atoms with Gasteiger partial charge in [0.25, 0.3) is 5.91 Å². The number of fused-ring (bicyclic) bond motifs is 1. The van der Waals surface area contributed by atoms with Gasteiger partial charge in [0, 0.05) is 21.7 Å². The number of carbonyl (C=O) groups excluding carboxylic acids is 1. The lowest BCUT2D eigenvalue weighted by Crippen LogP contribution is -2.17. The SMILES string of the molecule is CC(C/C=N/NC(=O)c1csc2ccccc12)c1ccccc1. The van der Waals surface area contributed by atoms with Crippen molar-refractivity contribution in [2.75, 3.05) is 0 Å². The van der Waals surface area contributed by atoms with Gasteiger partial charge in [-0.05, 0) is 24.0 Å². The van der Waals surface area contributed by atoms with Gasteiger partial charge < -0.3 is 0 Å². The molecule has 1 N–H and O–H groups in total. The highest BCUT2D eigenvalue weighted by Crippen LogP contribution is 2.25. The third kappa shape index (κ3) is 3.66. The zero-order chi connectivity index (χ0) is 16.1. The van der Waals surface area contributed by atoms with Crippen molar-refractivity contribution in [3.8, 4) is 0 Å². The number of hydrogen-bond acceptors (Lipinski definition) is 3. The quantitative estimate of drug-likeness (QED) is 0.531. The van der Waals surface area contributed by atoms with Crippen LogP contribution in [0.25, 0.3) is 10.1 Å². The van der Waals surface area contributed by atoms with E-state index in [2.05, 4.69) is 29.6 Å². The van der Waals surface area contributed by atoms with Gasteiger partial charge >= 0.3 is 0 Å². The number of benzene rings is 2. The maximum Gasteiger partial charge on any atom is 0.272 e. The zero-order valence-corrected chi connectivity index (χ0v) is 13.7. The Morgan fingerprint density at radius 3 is 2.74 bits per heavy atom. The molecule has 1 heterocycles. The summed E-state index contributed by atoms with van der Waals surface area (Å²) >= 11 is 1.57. The number of nitrogens with zero attached hydrogens (tertiary/aromatic N) is 1. The molecule has 0 bridgehead atoms. The average Bonchev–Trinajstić information content (AvgIpc) is 3.03. The monoisotopic (exact) mass is 322 g/mol. The number of thiophene rings is 1. The van der Waals surface area contributed by atoms with E-state index < -0.39 is 0 Å². The second-order valence-electron chi connectivity index (χ2n) is 5.45. The maximum absolute atomic E-state index is 12.2. The maximum atomic E-state index is 12.2. The normalized spacial score (nSPS) is 12.6. The number of rotatable bonds is 5. The molecule has 1 atom stereocenters. The number of hydrogen-bond donors (Lipinski definition) is 1. The van der Waals surface area contributed by atoms with Gasteiger partial charge in [0.15, 0.2) is 0 Å². The van der Waals surface area contributed by atoms with Gasteiger partial charge in [-0.1, -0.05) is 55.5 Å². The van der Waals surface area contributed by atoms with Gasteiger partial charge in [0.05, 0.1) is 5.56 Å². The first-order valence-electron chi connectivity index (χ1n) is 7.58. The van der Waals surface area contributed by atoms with E-state index in [1.165, 1.54) is 5.56 Å². The minimum atomic E-state index is -0.161. The average molecular weight is 322 g/mol. The highest BCUT2D eigenvalue weighted by atomic mass is 32.1. The molecule has 0 aliphatic carbocycles. The topological polar surface area (TPSA) is 41.5 Å². The van der Waals surface area contributed by atoms with E-state index in [4.69, 9.17) is 0 Å². The molecular formula is C19H18N2OS. The van der Waals surface area contributed by atoms with Gasteiger partial charge in [-0.25, -0.2) is 5.43 Å². The molecule has 2 aromatic carbocycles. The number of amides is 1. The lowest BCUT2D eigenvalue weighted by molar-refractivity contribution is 0.0957. The van der Waals surface area contributed by atoms with E-state index in [0.29, 0.717) is 11.5 Å². The van der Waals surface area contributed by atoms with E-state index in [9.17, 15) is 4.79 Å². The van der Waals surface area contributed by atoms with Crippen LogP contribution in [0.2, 0.25) is 0 Å². The lowest BCUT2D eigenvalue weighted by Gasteiger charge is -2.07. The predicted molar refractivity (Wildman–Crippen MR) is 97.3 cm³/mol. The number of carbonyl (C=O) groups is 1. The van der Waals surface area contributed by atoms with Crippen molar-refractivity contribution in [2.24, 2.45) is 5.10 Å². The lowest BCUT2D eigenvalue weighted by atomic mass is 9.99. The van der Waals surface area contributed by atoms with Gasteiger partial charge in [-0.2, -0.15) is 5.10 Å². The molecule has 0 radical (unpaired) electrons. The summed E-state index contributed by atoms with van der Waals surface area (Å²) in [4.78, 5) is 12.2. The molecular weight excluding hydrogens is 304 g/mol. The van der Waals surface area contributed by atoms with Crippen LogP contribution in [0.4, 0.5) is 0 Å². The molecule has 116 valence electrons. The Bertz CT molecular complexity index is 824. The molecule has 1 unspecified atom stereocenters. The van der Waals surface area contributed by atoms with Gasteiger partial charge in [0.1, 0.15) is 0 Å². The number of hydrazone groups is 1. The predicted octanol–water partition coefficient (Wildman–Crippen LogP) is 4.81. The fourth-order valence-electron chi connectivity index (χ4n) is 2.45. The Kier molecular flexibility index (Phi) is 4.83. The summed E-state index contributed by atoms with van der Waals surface area (Å²) in [6.45, 7) is 2.15. The Balaban J connectivity index is 1.59. The Morgan fingerprint density at radius 2 is 1.91 bits per heavy atom. The van der Waals surface area contributed by atoms with Crippen molar-refractivity contribution in [3.63, 3.8) is 0 Å². The minimum Gasteiger partial charge on any atom is -0.267 e. The van der Waals surface area contributed by atoms with Crippen LogP contribution in [0.3, 0.4) is 0 Å². The highest BCUT2D eigenvalue weighted by Gasteiger charge is 2.10. The minimum absolute atomic E-state index is 0.161. The molecule has 3 rings (SSSR count). The van der Waals surface area contributed by atoms with E-state index in [-0.39, 0.29) is 5.91 Å². The molecule has 3 aromatic rings. The molecule has 4 heteroatoms. The highest BCUT2D eigenvalue weighted by molar-refractivity contribution is 7.17. The molecule has 23 heavy (non-hydrogen) atoms. The molecule has 0 aliphatic heterocycles. The second kappa shape index (κ2) is 7.20. The molecule has 1 amide bonds. The van der Waals surface area contributed by atoms with Gasteiger partial charge in [-0.3, -0.25) is 4.79 Å². The van der Waals surface area contributed by atoms with Crippen molar-refractivity contribution in [3.05, 3.63) is 71.1 Å². The first-order valence-corrected chi connectivity index (χ1v) is 8.46. The summed E-state index contributed by atoms with van der Waals surface area (Å²) in [5.74, 6) is 0.213. The van der Waals surface area contributed by atoms with Crippen molar-refractivity contribution >= 4 is 33.5 Å². The largest absolute Gasteiger partial charge is 0.272 e. The fraction of sp³-hybridized carbons (Fsp3) is 0.158. The molecule has 3 nitrogen and oxygen atoms in total. The van der Waals surface area contributed by atoms with Crippen molar-refractivity contribution in [2.45, 2.75) is 19.3 Å². The summed E-state index contributed by atoms with van der Waals surface area (Å²) in [7, 11) is 0. The molecule has 0 spiro atoms. The summed E-state index contributed by atoms with van der Waals surface area (Å²) in [5, 5.41) is 6.93. The number of nitrogens with one attached hydrogen (secondary N) is 1. The Labute approximate surface area is 139 Å². The van der Waals surface area contributed by atoms with Crippen LogP contribution in [0, 0.1) is 0 Å². The molecule has 0 saturated heterocycles. The first kappa shape index (κ1) is 15.4. The third-order valence-electron chi connectivity index (χ3n) is 3.81. The molecule has 0 fully saturated rings. The van der Waals surface area contributed by atoms with Crippen LogP contribution in [0.1, 0.15) is 35.2 Å². The fourth-order valence-corrected chi connectivity index (χ4v) is 3.39. The second-order valence-corrected chi connectivity index (χ2v) is 6.36. The summed E-state index contributed by atoms with van der Waals surface area (Å²) < 4.78 is 1.11. The Hall–Kier alpha value is -2.46. The van der Waals surface area contributed by atoms with E-state index in [1.54, 1.807) is 17.6 Å². The summed E-state index contributed by atoms with van der Waals surface area (Å²) in [6.07, 6.45) is 2.55. The van der Waals surface area contributed by atoms with E-state index in [1.807, 2.05) is 47.8 Å². The van der Waals surface area contributed by atoms with E-state index in [0.717, 1.165) is 16.5 Å². The van der Waals surface area contributed by atoms with E-state index >= 15 is 0 Å². The summed E-state index contributed by atoms with van der Waals surface area (Å²) in [6, 6.07) is 18.2. The van der Waals surface area contributed by atoms with Crippen LogP contribution < -0.4 is 5.43 Å². The standard InChI is InChI=1S/C19H18N2OS/c1-14(15-7-3-2-4-8-15)11-12-20-21-19(22)17-13-23-18-10-6-5-9-16(17)18/h2-10,12-14H,11H2,1H3,(H,21,22)/b20-12+. The third-order valence-corrected chi connectivity index (χ3v) is 4.77. The molecule has 0 aliphatic rings. The van der Waals surface area contributed by atoms with Gasteiger partial charge in [0.2, 0.25) is 0 Å². The van der Waals surface area contributed by atoms with Crippen LogP contribution in [-0.4, -0.2) is 12.1 Å². The Morgan fingerprint density at radius 1 is 1.17 bits per heavy atom. The molecule has 0 saturated carbocycles. The van der Waals surface area contributed by atoms with Crippen LogP contribution in [0.15, 0.2) is 65.1 Å². The van der Waals surface area contributed by atoms with Crippen LogP contribution >= 0.6 is 11.3 Å².